The van der Waals surface area contributed by atoms with Gasteiger partial charge in [0.15, 0.2) is 0 Å². The Labute approximate surface area is 226 Å². The minimum absolute atomic E-state index is 0.0252. The van der Waals surface area contributed by atoms with Crippen LogP contribution >= 0.6 is 11.3 Å². The molecule has 38 heavy (non-hydrogen) atoms. The monoisotopic (exact) mass is 532 g/mol. The van der Waals surface area contributed by atoms with Gasteiger partial charge in [-0.15, -0.1) is 11.3 Å². The molecule has 0 saturated carbocycles. The van der Waals surface area contributed by atoms with Crippen LogP contribution in [0.4, 0.5) is 5.82 Å². The summed E-state index contributed by atoms with van der Waals surface area (Å²) in [6.45, 7) is 6.09. The first-order valence-corrected chi connectivity index (χ1v) is 13.7. The first kappa shape index (κ1) is 26.1. The van der Waals surface area contributed by atoms with Crippen molar-refractivity contribution < 1.29 is 19.7 Å². The Morgan fingerprint density at radius 1 is 1.05 bits per heavy atom. The highest BCUT2D eigenvalue weighted by atomic mass is 32.1. The van der Waals surface area contributed by atoms with Crippen LogP contribution in [0.2, 0.25) is 0 Å². The molecule has 0 bridgehead atoms. The minimum Gasteiger partial charge on any atom is -0.461 e. The summed E-state index contributed by atoms with van der Waals surface area (Å²) < 4.78 is 5.60. The van der Waals surface area contributed by atoms with Gasteiger partial charge in [-0.05, 0) is 42.7 Å². The normalized spacial score (nSPS) is 14.6. The zero-order valence-electron chi connectivity index (χ0n) is 21.6. The number of amides is 1. The largest absolute Gasteiger partial charge is 0.461 e. The number of anilines is 1. The second kappa shape index (κ2) is 11.5. The highest BCUT2D eigenvalue weighted by molar-refractivity contribution is 7.18. The fourth-order valence-corrected chi connectivity index (χ4v) is 5.48. The van der Waals surface area contributed by atoms with E-state index >= 15 is 0 Å². The lowest BCUT2D eigenvalue weighted by atomic mass is 10.0. The number of piperazine rings is 1. The van der Waals surface area contributed by atoms with E-state index in [1.807, 2.05) is 29.2 Å². The maximum Gasteiger partial charge on any atom is 0.319 e. The highest BCUT2D eigenvalue weighted by Crippen LogP contribution is 2.33. The predicted molar refractivity (Wildman–Crippen MR) is 150 cm³/mol. The van der Waals surface area contributed by atoms with Crippen LogP contribution in [0.5, 0.6) is 6.01 Å². The van der Waals surface area contributed by atoms with Crippen molar-refractivity contribution in [2.45, 2.75) is 26.4 Å². The quantitative estimate of drug-likeness (QED) is 0.355. The van der Waals surface area contributed by atoms with Crippen LogP contribution in [0.25, 0.3) is 21.3 Å². The molecule has 0 aliphatic carbocycles. The average Bonchev–Trinajstić information content (AvgIpc) is 3.39. The van der Waals surface area contributed by atoms with E-state index in [0.29, 0.717) is 31.7 Å². The fraction of sp³-hybridized carbons (Fsp3) is 0.345. The Morgan fingerprint density at radius 3 is 2.53 bits per heavy atom. The molecule has 4 aromatic rings. The first-order valence-electron chi connectivity index (χ1n) is 12.9. The number of thiophene rings is 1. The second-order valence-corrected chi connectivity index (χ2v) is 10.6. The number of fused-ring (bicyclic) bond motifs is 1. The maximum absolute atomic E-state index is 13.4. The molecule has 2 aromatic heterocycles. The molecule has 3 heterocycles. The van der Waals surface area contributed by atoms with E-state index in [4.69, 9.17) is 9.84 Å². The number of rotatable bonds is 8. The van der Waals surface area contributed by atoms with E-state index in [-0.39, 0.29) is 18.5 Å². The summed E-state index contributed by atoms with van der Waals surface area (Å²) in [4.78, 5) is 28.7. The van der Waals surface area contributed by atoms with E-state index in [2.05, 4.69) is 59.0 Å². The molecule has 0 unspecified atom stereocenters. The van der Waals surface area contributed by atoms with Crippen LogP contribution in [0.1, 0.15) is 27.7 Å². The number of aryl methyl sites for hydroxylation is 2. The molecule has 0 radical (unpaired) electrons. The maximum atomic E-state index is 13.4. The lowest BCUT2D eigenvalue weighted by Gasteiger charge is -2.35. The van der Waals surface area contributed by atoms with Crippen molar-refractivity contribution in [3.05, 3.63) is 70.6 Å². The lowest BCUT2D eigenvalue weighted by Crippen LogP contribution is -2.49. The summed E-state index contributed by atoms with van der Waals surface area (Å²) in [5.74, 6) is 0.796. The van der Waals surface area contributed by atoms with Gasteiger partial charge in [-0.2, -0.15) is 9.97 Å². The Balaban J connectivity index is 1.32. The third-order valence-electron chi connectivity index (χ3n) is 6.73. The standard InChI is InChI=1S/C29H32N4O4S/c1-3-24-16-25-26(30-29(31-27(25)38-24)37-18-23(35)17-34)32-11-13-33(14-12-32)28(36)22-6-4-5-21(15-22)20-9-7-19(2)8-10-20/h4-10,15-16,23,34-35H,3,11-14,17-18H2,1-2H3/t23-/m1/s1. The number of aromatic nitrogens is 2. The summed E-state index contributed by atoms with van der Waals surface area (Å²) in [5, 5.41) is 19.8. The summed E-state index contributed by atoms with van der Waals surface area (Å²) in [7, 11) is 0. The molecule has 2 aromatic carbocycles. The van der Waals surface area contributed by atoms with Gasteiger partial charge in [0, 0.05) is 36.6 Å². The molecule has 5 rings (SSSR count). The summed E-state index contributed by atoms with van der Waals surface area (Å²) >= 11 is 1.60. The van der Waals surface area contributed by atoms with Gasteiger partial charge in [-0.3, -0.25) is 4.79 Å². The van der Waals surface area contributed by atoms with Crippen molar-refractivity contribution in [3.8, 4) is 17.1 Å². The molecule has 1 fully saturated rings. The van der Waals surface area contributed by atoms with Crippen LogP contribution < -0.4 is 9.64 Å². The number of nitrogens with zero attached hydrogens (tertiary/aromatic N) is 4. The van der Waals surface area contributed by atoms with Crippen LogP contribution in [-0.4, -0.2) is 76.5 Å². The van der Waals surface area contributed by atoms with Gasteiger partial charge in [0.25, 0.3) is 5.91 Å². The van der Waals surface area contributed by atoms with Gasteiger partial charge in [0.05, 0.1) is 12.0 Å². The van der Waals surface area contributed by atoms with Crippen LogP contribution in [0.3, 0.4) is 0 Å². The zero-order chi connectivity index (χ0) is 26.6. The number of hydrogen-bond donors (Lipinski definition) is 2. The lowest BCUT2D eigenvalue weighted by molar-refractivity contribution is 0.0506. The van der Waals surface area contributed by atoms with E-state index in [1.54, 1.807) is 11.3 Å². The van der Waals surface area contributed by atoms with Crippen molar-refractivity contribution >= 4 is 33.3 Å². The van der Waals surface area contributed by atoms with Gasteiger partial charge in [-0.1, -0.05) is 48.9 Å². The fourth-order valence-electron chi connectivity index (χ4n) is 4.52. The molecule has 1 aliphatic heterocycles. The Hall–Kier alpha value is -3.53. The predicted octanol–water partition coefficient (Wildman–Crippen LogP) is 3.92. The minimum atomic E-state index is -0.994. The topological polar surface area (TPSA) is 99.0 Å². The summed E-state index contributed by atoms with van der Waals surface area (Å²) in [6, 6.07) is 18.4. The van der Waals surface area contributed by atoms with Crippen molar-refractivity contribution in [3.63, 3.8) is 0 Å². The summed E-state index contributed by atoms with van der Waals surface area (Å²) in [5.41, 5.74) is 4.01. The number of benzene rings is 2. The van der Waals surface area contributed by atoms with Gasteiger partial charge in [0.2, 0.25) is 0 Å². The number of hydrogen-bond acceptors (Lipinski definition) is 8. The highest BCUT2D eigenvalue weighted by Gasteiger charge is 2.26. The number of aliphatic hydroxyl groups excluding tert-OH is 2. The van der Waals surface area contributed by atoms with E-state index in [9.17, 15) is 9.90 Å². The van der Waals surface area contributed by atoms with Crippen molar-refractivity contribution in [1.82, 2.24) is 14.9 Å². The molecular weight excluding hydrogens is 500 g/mol. The third-order valence-corrected chi connectivity index (χ3v) is 7.90. The van der Waals surface area contributed by atoms with Crippen LogP contribution in [-0.2, 0) is 6.42 Å². The molecule has 1 aliphatic rings. The van der Waals surface area contributed by atoms with E-state index < -0.39 is 12.7 Å². The number of ether oxygens (including phenoxy) is 1. The van der Waals surface area contributed by atoms with Crippen LogP contribution in [0, 0.1) is 6.92 Å². The number of aliphatic hydroxyl groups is 2. The number of carbonyl (C=O) groups is 1. The first-order chi connectivity index (χ1) is 18.4. The van der Waals surface area contributed by atoms with E-state index in [0.717, 1.165) is 33.6 Å². The average molecular weight is 533 g/mol. The van der Waals surface area contributed by atoms with Gasteiger partial charge in [0.1, 0.15) is 23.4 Å². The Kier molecular flexibility index (Phi) is 7.87. The molecule has 198 valence electrons. The molecule has 1 atom stereocenters. The summed E-state index contributed by atoms with van der Waals surface area (Å²) in [6.07, 6.45) is -0.101. The molecule has 9 heteroatoms. The Morgan fingerprint density at radius 2 is 1.82 bits per heavy atom. The van der Waals surface area contributed by atoms with Crippen molar-refractivity contribution in [2.75, 3.05) is 44.3 Å². The molecule has 1 amide bonds. The van der Waals surface area contributed by atoms with Crippen LogP contribution in [0.15, 0.2) is 54.6 Å². The van der Waals surface area contributed by atoms with Gasteiger partial charge in [-0.25, -0.2) is 0 Å². The molecule has 2 N–H and O–H groups in total. The smallest absolute Gasteiger partial charge is 0.319 e. The molecular formula is C29H32N4O4S. The van der Waals surface area contributed by atoms with Gasteiger partial charge >= 0.3 is 6.01 Å². The molecule has 0 spiro atoms. The number of carbonyl (C=O) groups excluding carboxylic acids is 1. The zero-order valence-corrected chi connectivity index (χ0v) is 22.4. The second-order valence-electron chi connectivity index (χ2n) is 9.49. The Bertz CT molecular complexity index is 1410. The van der Waals surface area contributed by atoms with E-state index in [1.165, 1.54) is 10.4 Å². The SMILES string of the molecule is CCc1cc2c(N3CCN(C(=O)c4cccc(-c5ccc(C)cc5)c4)CC3)nc(OC[C@H](O)CO)nc2s1. The van der Waals surface area contributed by atoms with Crippen molar-refractivity contribution in [1.29, 1.82) is 0 Å². The van der Waals surface area contributed by atoms with Gasteiger partial charge < -0.3 is 24.7 Å². The molecule has 8 nitrogen and oxygen atoms in total. The van der Waals surface area contributed by atoms with Crippen molar-refractivity contribution in [2.24, 2.45) is 0 Å². The third kappa shape index (κ3) is 5.65. The molecule has 1 saturated heterocycles.